The summed E-state index contributed by atoms with van der Waals surface area (Å²) in [6, 6.07) is 0. The maximum Gasteiger partial charge on any atom is 0.174 e. The van der Waals surface area contributed by atoms with Crippen LogP contribution >= 0.6 is 0 Å². The number of nitrogens with two attached hydrogens (primary N) is 1. The van der Waals surface area contributed by atoms with Crippen molar-refractivity contribution in [1.29, 1.82) is 0 Å². The van der Waals surface area contributed by atoms with E-state index in [2.05, 4.69) is 24.2 Å². The van der Waals surface area contributed by atoms with Gasteiger partial charge in [0.1, 0.15) is 0 Å². The first kappa shape index (κ1) is 6.46. The normalized spacial score (nSPS) is 33.9. The van der Waals surface area contributed by atoms with E-state index in [1.54, 1.807) is 0 Å². The van der Waals surface area contributed by atoms with Gasteiger partial charge in [-0.2, -0.15) is 0 Å². The van der Waals surface area contributed by atoms with Gasteiger partial charge in [0.15, 0.2) is 11.9 Å². The summed E-state index contributed by atoms with van der Waals surface area (Å²) >= 11 is 0. The van der Waals surface area contributed by atoms with Crippen LogP contribution in [0.1, 0.15) is 6.92 Å². The van der Waals surface area contributed by atoms with E-state index in [4.69, 9.17) is 10.6 Å². The van der Waals surface area contributed by atoms with Crippen LogP contribution in [-0.4, -0.2) is 11.9 Å². The number of allylic oxidation sites excluding steroid dienone is 2. The highest BCUT2D eigenvalue weighted by molar-refractivity contribution is 5.99. The fraction of sp³-hybridized carbons (Fsp3) is 0.375. The number of fused-ring (bicyclic) bond motifs is 1. The van der Waals surface area contributed by atoms with Crippen LogP contribution in [-0.2, 0) is 4.84 Å². The van der Waals surface area contributed by atoms with E-state index in [-0.39, 0.29) is 6.10 Å². The zero-order valence-corrected chi connectivity index (χ0v) is 6.32. The quantitative estimate of drug-likeness (QED) is 0.519. The SMILES string of the molecule is CC1C=CC2ON=C(N)C2=C1. The molecule has 1 aliphatic heterocycles. The van der Waals surface area contributed by atoms with Crippen molar-refractivity contribution < 1.29 is 4.84 Å². The van der Waals surface area contributed by atoms with Gasteiger partial charge in [0, 0.05) is 5.57 Å². The summed E-state index contributed by atoms with van der Waals surface area (Å²) in [7, 11) is 0. The van der Waals surface area contributed by atoms with E-state index in [0.29, 0.717) is 11.8 Å². The summed E-state index contributed by atoms with van der Waals surface area (Å²) in [5.74, 6) is 0.961. The van der Waals surface area contributed by atoms with E-state index in [1.165, 1.54) is 0 Å². The number of rotatable bonds is 0. The largest absolute Gasteiger partial charge is 0.381 e. The van der Waals surface area contributed by atoms with Gasteiger partial charge in [-0.3, -0.25) is 0 Å². The monoisotopic (exact) mass is 150 g/mol. The lowest BCUT2D eigenvalue weighted by atomic mass is 9.96. The van der Waals surface area contributed by atoms with E-state index >= 15 is 0 Å². The number of amidine groups is 1. The highest BCUT2D eigenvalue weighted by Gasteiger charge is 2.25. The minimum atomic E-state index is -0.0220. The van der Waals surface area contributed by atoms with Crippen molar-refractivity contribution in [3.63, 3.8) is 0 Å². The molecule has 0 saturated heterocycles. The molecule has 3 heteroatoms. The highest BCUT2D eigenvalue weighted by Crippen LogP contribution is 2.23. The number of oxime groups is 1. The van der Waals surface area contributed by atoms with Crippen LogP contribution in [0.25, 0.3) is 0 Å². The number of hydrogen-bond donors (Lipinski definition) is 1. The smallest absolute Gasteiger partial charge is 0.174 e. The molecule has 1 aliphatic carbocycles. The minimum Gasteiger partial charge on any atom is -0.381 e. The van der Waals surface area contributed by atoms with E-state index in [0.717, 1.165) is 5.57 Å². The number of nitrogens with zero attached hydrogens (tertiary/aromatic N) is 1. The van der Waals surface area contributed by atoms with Gasteiger partial charge in [0.25, 0.3) is 0 Å². The van der Waals surface area contributed by atoms with E-state index < -0.39 is 0 Å². The molecule has 2 N–H and O–H groups in total. The van der Waals surface area contributed by atoms with Gasteiger partial charge < -0.3 is 10.6 Å². The molecule has 0 aromatic carbocycles. The molecule has 58 valence electrons. The molecule has 2 aliphatic rings. The maximum absolute atomic E-state index is 5.57. The van der Waals surface area contributed by atoms with Crippen molar-refractivity contribution in [1.82, 2.24) is 0 Å². The van der Waals surface area contributed by atoms with Crippen molar-refractivity contribution in [2.75, 3.05) is 0 Å². The molecule has 0 amide bonds. The Labute approximate surface area is 65.2 Å². The lowest BCUT2D eigenvalue weighted by Crippen LogP contribution is -2.19. The molecule has 11 heavy (non-hydrogen) atoms. The van der Waals surface area contributed by atoms with Crippen LogP contribution in [0.15, 0.2) is 29.0 Å². The first-order valence-electron chi connectivity index (χ1n) is 3.67. The Balaban J connectivity index is 2.32. The Bertz CT molecular complexity index is 265. The van der Waals surface area contributed by atoms with Crippen LogP contribution in [0.4, 0.5) is 0 Å². The van der Waals surface area contributed by atoms with Crippen LogP contribution in [0, 0.1) is 5.92 Å². The van der Waals surface area contributed by atoms with Gasteiger partial charge in [0.05, 0.1) is 0 Å². The van der Waals surface area contributed by atoms with Crippen LogP contribution in [0.5, 0.6) is 0 Å². The predicted molar refractivity (Wildman–Crippen MR) is 42.9 cm³/mol. The molecule has 0 radical (unpaired) electrons. The third-order valence-corrected chi connectivity index (χ3v) is 1.90. The van der Waals surface area contributed by atoms with Crippen LogP contribution in [0.2, 0.25) is 0 Å². The molecule has 2 atom stereocenters. The molecule has 0 aromatic heterocycles. The average Bonchev–Trinajstić information content (AvgIpc) is 2.33. The summed E-state index contributed by atoms with van der Waals surface area (Å²) in [6.45, 7) is 2.10. The topological polar surface area (TPSA) is 47.6 Å². The fourth-order valence-electron chi connectivity index (χ4n) is 1.30. The Morgan fingerprint density at radius 2 is 2.36 bits per heavy atom. The molecule has 0 saturated carbocycles. The molecule has 2 unspecified atom stereocenters. The lowest BCUT2D eigenvalue weighted by molar-refractivity contribution is 0.135. The maximum atomic E-state index is 5.57. The van der Waals surface area contributed by atoms with Crippen molar-refractivity contribution >= 4 is 5.84 Å². The zero-order valence-electron chi connectivity index (χ0n) is 6.32. The van der Waals surface area contributed by atoms with Crippen LogP contribution in [0.3, 0.4) is 0 Å². The van der Waals surface area contributed by atoms with E-state index in [9.17, 15) is 0 Å². The third-order valence-electron chi connectivity index (χ3n) is 1.90. The van der Waals surface area contributed by atoms with Gasteiger partial charge in [-0.25, -0.2) is 0 Å². The van der Waals surface area contributed by atoms with Crippen molar-refractivity contribution in [3.05, 3.63) is 23.8 Å². The van der Waals surface area contributed by atoms with Gasteiger partial charge in [-0.05, 0) is 12.0 Å². The molecule has 0 fully saturated rings. The molecule has 0 aromatic rings. The average molecular weight is 150 g/mol. The highest BCUT2D eigenvalue weighted by atomic mass is 16.6. The van der Waals surface area contributed by atoms with Crippen molar-refractivity contribution in [2.45, 2.75) is 13.0 Å². The molecule has 2 rings (SSSR count). The Morgan fingerprint density at radius 3 is 3.18 bits per heavy atom. The van der Waals surface area contributed by atoms with Gasteiger partial charge in [0.2, 0.25) is 0 Å². The van der Waals surface area contributed by atoms with E-state index in [1.807, 2.05) is 6.08 Å². The molecule has 0 bridgehead atoms. The van der Waals surface area contributed by atoms with Gasteiger partial charge in [-0.1, -0.05) is 24.2 Å². The first-order valence-corrected chi connectivity index (χ1v) is 3.67. The Morgan fingerprint density at radius 1 is 1.55 bits per heavy atom. The zero-order chi connectivity index (χ0) is 7.84. The molecular weight excluding hydrogens is 140 g/mol. The molecule has 0 spiro atoms. The fourth-order valence-corrected chi connectivity index (χ4v) is 1.30. The summed E-state index contributed by atoms with van der Waals surface area (Å²) in [5.41, 5.74) is 6.59. The summed E-state index contributed by atoms with van der Waals surface area (Å²) in [4.78, 5) is 5.03. The third kappa shape index (κ3) is 0.926. The Kier molecular flexibility index (Phi) is 1.24. The molecular formula is C8H10N2O. The predicted octanol–water partition coefficient (Wildman–Crippen LogP) is 0.790. The molecule has 1 heterocycles. The molecule has 3 nitrogen and oxygen atoms in total. The van der Waals surface area contributed by atoms with Crippen molar-refractivity contribution in [3.8, 4) is 0 Å². The van der Waals surface area contributed by atoms with Crippen LogP contribution < -0.4 is 5.73 Å². The lowest BCUT2D eigenvalue weighted by Gasteiger charge is -2.12. The number of hydrogen-bond acceptors (Lipinski definition) is 3. The summed E-state index contributed by atoms with van der Waals surface area (Å²) < 4.78 is 0. The van der Waals surface area contributed by atoms with Gasteiger partial charge >= 0.3 is 0 Å². The minimum absolute atomic E-state index is 0.0220. The second-order valence-corrected chi connectivity index (χ2v) is 2.87. The van der Waals surface area contributed by atoms with Crippen molar-refractivity contribution in [2.24, 2.45) is 16.8 Å². The standard InChI is InChI=1S/C8H10N2O/c1-5-2-3-7-6(4-5)8(9)10-11-7/h2-5,7H,1H3,(H2,9,10). The summed E-state index contributed by atoms with van der Waals surface area (Å²) in [6.07, 6.45) is 6.13. The second-order valence-electron chi connectivity index (χ2n) is 2.87. The Hall–Kier alpha value is -1.25. The first-order chi connectivity index (χ1) is 5.27. The van der Waals surface area contributed by atoms with Gasteiger partial charge in [-0.15, -0.1) is 0 Å². The second kappa shape index (κ2) is 2.12. The summed E-state index contributed by atoms with van der Waals surface area (Å²) in [5, 5.41) is 3.69.